The molecule has 0 bridgehead atoms. The van der Waals surface area contributed by atoms with Crippen LogP contribution in [0.2, 0.25) is 5.02 Å². The van der Waals surface area contributed by atoms with E-state index in [0.29, 0.717) is 42.2 Å². The Hall–Kier alpha value is -2.16. The smallest absolute Gasteiger partial charge is 0.259 e. The number of sulfonamides is 1. The number of halogens is 1. The molecule has 0 aliphatic carbocycles. The molecule has 172 valence electrons. The summed E-state index contributed by atoms with van der Waals surface area (Å²) in [5.74, 6) is -0.0761. The maximum atomic E-state index is 13.2. The number of hydrogen-bond acceptors (Lipinski definition) is 5. The molecule has 0 radical (unpaired) electrons. The Labute approximate surface area is 194 Å². The summed E-state index contributed by atoms with van der Waals surface area (Å²) in [4.78, 5) is 19.3. The van der Waals surface area contributed by atoms with Gasteiger partial charge in [-0.1, -0.05) is 11.6 Å². The molecule has 0 spiro atoms. The van der Waals surface area contributed by atoms with Crippen molar-refractivity contribution in [2.45, 2.75) is 57.4 Å². The van der Waals surface area contributed by atoms with Crippen molar-refractivity contribution < 1.29 is 13.2 Å². The van der Waals surface area contributed by atoms with E-state index in [1.165, 1.54) is 0 Å². The first-order chi connectivity index (χ1) is 15.0. The number of nitrogens with zero attached hydrogens (tertiary/aromatic N) is 3. The van der Waals surface area contributed by atoms with Gasteiger partial charge in [-0.15, -0.1) is 0 Å². The summed E-state index contributed by atoms with van der Waals surface area (Å²) in [5, 5.41) is 3.67. The van der Waals surface area contributed by atoms with Crippen LogP contribution < -0.4 is 10.2 Å². The SMILES string of the molecule is CC(C)S(=O)(=O)N1CCC(Nc2cncc(N3C(=O)c4ccc(Cl)cc4C3(C)C)c2)CC1. The van der Waals surface area contributed by atoms with E-state index in [1.54, 1.807) is 47.6 Å². The Morgan fingerprint density at radius 2 is 1.84 bits per heavy atom. The molecule has 1 saturated heterocycles. The Morgan fingerprint density at radius 1 is 1.16 bits per heavy atom. The van der Waals surface area contributed by atoms with Gasteiger partial charge in [0.1, 0.15) is 0 Å². The minimum atomic E-state index is -3.22. The van der Waals surface area contributed by atoms with Crippen molar-refractivity contribution in [1.29, 1.82) is 0 Å². The summed E-state index contributed by atoms with van der Waals surface area (Å²) in [6.45, 7) is 8.42. The van der Waals surface area contributed by atoms with Crippen LogP contribution in [0.1, 0.15) is 56.5 Å². The lowest BCUT2D eigenvalue weighted by atomic mass is 9.93. The van der Waals surface area contributed by atoms with Crippen molar-refractivity contribution >= 4 is 38.9 Å². The Morgan fingerprint density at radius 3 is 2.50 bits per heavy atom. The molecule has 9 heteroatoms. The van der Waals surface area contributed by atoms with Gasteiger partial charge in [-0.25, -0.2) is 12.7 Å². The highest BCUT2D eigenvalue weighted by atomic mass is 35.5. The standard InChI is InChI=1S/C23H29ClN4O3S/c1-15(2)32(30,31)27-9-7-17(8-10-27)26-18-12-19(14-25-13-18)28-22(29)20-6-5-16(24)11-21(20)23(28,3)4/h5-6,11-15,17,26H,7-10H2,1-4H3. The van der Waals surface area contributed by atoms with Crippen molar-refractivity contribution in [2.75, 3.05) is 23.3 Å². The molecule has 0 saturated carbocycles. The van der Waals surface area contributed by atoms with Crippen molar-refractivity contribution in [1.82, 2.24) is 9.29 Å². The molecular formula is C23H29ClN4O3S. The lowest BCUT2D eigenvalue weighted by molar-refractivity contribution is 0.0982. The summed E-state index contributed by atoms with van der Waals surface area (Å²) in [6.07, 6.45) is 4.86. The molecule has 32 heavy (non-hydrogen) atoms. The third-order valence-corrected chi connectivity index (χ3v) is 8.91. The number of nitrogens with one attached hydrogen (secondary N) is 1. The fourth-order valence-corrected chi connectivity index (χ4v) is 6.05. The first-order valence-corrected chi connectivity index (χ1v) is 12.7. The number of pyridine rings is 1. The lowest BCUT2D eigenvalue weighted by Crippen LogP contribution is -2.44. The average molecular weight is 477 g/mol. The number of piperidine rings is 1. The van der Waals surface area contributed by atoms with Crippen LogP contribution >= 0.6 is 11.6 Å². The van der Waals surface area contributed by atoms with Crippen LogP contribution in [0.3, 0.4) is 0 Å². The van der Waals surface area contributed by atoms with Gasteiger partial charge in [0.25, 0.3) is 5.91 Å². The van der Waals surface area contributed by atoms with Gasteiger partial charge >= 0.3 is 0 Å². The molecule has 7 nitrogen and oxygen atoms in total. The number of hydrogen-bond donors (Lipinski definition) is 1. The zero-order chi connectivity index (χ0) is 23.3. The average Bonchev–Trinajstić information content (AvgIpc) is 2.93. The summed E-state index contributed by atoms with van der Waals surface area (Å²) in [5.41, 5.74) is 2.50. The summed E-state index contributed by atoms with van der Waals surface area (Å²) in [7, 11) is -3.22. The van der Waals surface area contributed by atoms with Crippen molar-refractivity contribution in [3.05, 3.63) is 52.8 Å². The van der Waals surface area contributed by atoms with Gasteiger partial charge in [-0.3, -0.25) is 14.7 Å². The molecule has 1 aromatic heterocycles. The number of benzene rings is 1. The normalized spacial score (nSPS) is 19.4. The zero-order valence-corrected chi connectivity index (χ0v) is 20.4. The summed E-state index contributed by atoms with van der Waals surface area (Å²) >= 11 is 6.19. The van der Waals surface area contributed by atoms with Crippen molar-refractivity contribution in [3.63, 3.8) is 0 Å². The molecule has 2 aliphatic heterocycles. The van der Waals surface area contributed by atoms with E-state index >= 15 is 0 Å². The molecule has 1 fully saturated rings. The minimum absolute atomic E-state index is 0.0761. The molecule has 0 atom stereocenters. The maximum Gasteiger partial charge on any atom is 0.259 e. The predicted molar refractivity (Wildman–Crippen MR) is 128 cm³/mol. The number of anilines is 2. The number of aromatic nitrogens is 1. The summed E-state index contributed by atoms with van der Waals surface area (Å²) < 4.78 is 26.4. The highest BCUT2D eigenvalue weighted by Gasteiger charge is 2.44. The van der Waals surface area contributed by atoms with Gasteiger partial charge in [-0.05, 0) is 70.4 Å². The largest absolute Gasteiger partial charge is 0.381 e. The first-order valence-electron chi connectivity index (χ1n) is 10.9. The van der Waals surface area contributed by atoms with E-state index in [9.17, 15) is 13.2 Å². The topological polar surface area (TPSA) is 82.6 Å². The zero-order valence-electron chi connectivity index (χ0n) is 18.8. The van der Waals surface area contributed by atoms with Crippen molar-refractivity contribution in [3.8, 4) is 0 Å². The van der Waals surface area contributed by atoms with Crippen LogP contribution in [0, 0.1) is 0 Å². The van der Waals surface area contributed by atoms with Crippen LogP contribution in [0.4, 0.5) is 11.4 Å². The predicted octanol–water partition coefficient (Wildman–Crippen LogP) is 4.25. The van der Waals surface area contributed by atoms with Gasteiger partial charge < -0.3 is 5.32 Å². The monoisotopic (exact) mass is 476 g/mol. The van der Waals surface area contributed by atoms with E-state index < -0.39 is 20.8 Å². The maximum absolute atomic E-state index is 13.2. The molecule has 1 aromatic carbocycles. The van der Waals surface area contributed by atoms with E-state index in [4.69, 9.17) is 11.6 Å². The fraction of sp³-hybridized carbons (Fsp3) is 0.478. The van der Waals surface area contributed by atoms with Gasteiger partial charge in [0.2, 0.25) is 10.0 Å². The number of fused-ring (bicyclic) bond motifs is 1. The van der Waals surface area contributed by atoms with Gasteiger partial charge in [0.05, 0.1) is 34.6 Å². The quantitative estimate of drug-likeness (QED) is 0.697. The number of rotatable bonds is 5. The van der Waals surface area contributed by atoms with E-state index in [-0.39, 0.29) is 11.9 Å². The highest BCUT2D eigenvalue weighted by Crippen LogP contribution is 2.43. The Balaban J connectivity index is 1.50. The third kappa shape index (κ3) is 4.00. The minimum Gasteiger partial charge on any atom is -0.381 e. The third-order valence-electron chi connectivity index (χ3n) is 6.40. The van der Waals surface area contributed by atoms with E-state index in [1.807, 2.05) is 26.0 Å². The molecule has 4 rings (SSSR count). The fourth-order valence-electron chi connectivity index (χ4n) is 4.56. The highest BCUT2D eigenvalue weighted by molar-refractivity contribution is 7.89. The molecule has 0 unspecified atom stereocenters. The van der Waals surface area contributed by atoms with Gasteiger partial charge in [-0.2, -0.15) is 0 Å². The van der Waals surface area contributed by atoms with E-state index in [2.05, 4.69) is 10.3 Å². The molecule has 1 amide bonds. The van der Waals surface area contributed by atoms with Crippen LogP contribution in [-0.4, -0.2) is 48.0 Å². The van der Waals surface area contributed by atoms with Crippen LogP contribution in [0.5, 0.6) is 0 Å². The van der Waals surface area contributed by atoms with Crippen LogP contribution in [0.25, 0.3) is 0 Å². The summed E-state index contributed by atoms with van der Waals surface area (Å²) in [6, 6.07) is 7.43. The van der Waals surface area contributed by atoms with E-state index in [0.717, 1.165) is 11.3 Å². The second-order valence-corrected chi connectivity index (χ2v) is 12.2. The molecule has 3 heterocycles. The number of carbonyl (C=O) groups is 1. The Kier molecular flexibility index (Phi) is 5.98. The second kappa shape index (κ2) is 8.32. The second-order valence-electron chi connectivity index (χ2n) is 9.23. The van der Waals surface area contributed by atoms with Gasteiger partial charge in [0, 0.05) is 29.7 Å². The number of carbonyl (C=O) groups excluding carboxylic acids is 1. The molecule has 2 aliphatic rings. The first kappa shape index (κ1) is 23.0. The van der Waals surface area contributed by atoms with Gasteiger partial charge in [0.15, 0.2) is 0 Å². The van der Waals surface area contributed by atoms with Crippen LogP contribution in [-0.2, 0) is 15.6 Å². The Bertz CT molecular complexity index is 1140. The molecular weight excluding hydrogens is 448 g/mol. The molecule has 2 aromatic rings. The lowest BCUT2D eigenvalue weighted by Gasteiger charge is -2.34. The molecule has 1 N–H and O–H groups in total. The van der Waals surface area contributed by atoms with Crippen LogP contribution in [0.15, 0.2) is 36.7 Å². The number of amides is 1. The van der Waals surface area contributed by atoms with Crippen molar-refractivity contribution in [2.24, 2.45) is 0 Å².